The maximum Gasteiger partial charge on any atom is 0.454 e. The van der Waals surface area contributed by atoms with Crippen molar-refractivity contribution in [2.45, 2.75) is 12.8 Å². The van der Waals surface area contributed by atoms with E-state index in [0.717, 1.165) is 10.1 Å². The number of rotatable bonds is 3. The van der Waals surface area contributed by atoms with E-state index in [-0.39, 0.29) is 23.3 Å². The van der Waals surface area contributed by atoms with Crippen molar-refractivity contribution in [1.29, 1.82) is 0 Å². The molecular weight excluding hydrogens is 256 g/mol. The summed E-state index contributed by atoms with van der Waals surface area (Å²) >= 11 is 0. The second kappa shape index (κ2) is 5.61. The highest BCUT2D eigenvalue weighted by Crippen LogP contribution is 2.19. The van der Waals surface area contributed by atoms with Gasteiger partial charge in [0.1, 0.15) is 17.5 Å². The highest BCUT2D eigenvalue weighted by Gasteiger charge is 2.16. The van der Waals surface area contributed by atoms with Crippen LogP contribution in [0.5, 0.6) is 6.01 Å². The van der Waals surface area contributed by atoms with Gasteiger partial charge in [-0.15, -0.1) is 0 Å². The lowest BCUT2D eigenvalue weighted by Gasteiger charge is -2.07. The van der Waals surface area contributed by atoms with Gasteiger partial charge in [0, 0.05) is 5.92 Å². The van der Waals surface area contributed by atoms with Crippen LogP contribution >= 0.6 is 0 Å². The van der Waals surface area contributed by atoms with E-state index in [0.29, 0.717) is 0 Å². The normalized spacial score (nSPS) is 13.2. The van der Waals surface area contributed by atoms with Crippen molar-refractivity contribution in [3.05, 3.63) is 64.1 Å². The van der Waals surface area contributed by atoms with Crippen molar-refractivity contribution in [3.63, 3.8) is 0 Å². The van der Waals surface area contributed by atoms with Crippen molar-refractivity contribution in [2.75, 3.05) is 0 Å². The summed E-state index contributed by atoms with van der Waals surface area (Å²) in [6.45, 7) is 1.93. The molecule has 0 saturated carbocycles. The quantitative estimate of drug-likeness (QED) is 0.834. The van der Waals surface area contributed by atoms with Crippen LogP contribution in [-0.2, 0) is 7.05 Å². The van der Waals surface area contributed by atoms with Crippen LogP contribution in [0.2, 0.25) is 0 Å². The van der Waals surface area contributed by atoms with E-state index in [9.17, 15) is 15.0 Å². The van der Waals surface area contributed by atoms with Gasteiger partial charge in [-0.25, -0.2) is 9.78 Å². The molecule has 1 heterocycles. The van der Waals surface area contributed by atoms with Gasteiger partial charge in [0.2, 0.25) is 0 Å². The first-order valence-electron chi connectivity index (χ1n) is 6.27. The number of hydrogen-bond acceptors (Lipinski definition) is 3. The van der Waals surface area contributed by atoms with E-state index in [2.05, 4.69) is 4.98 Å². The Morgan fingerprint density at radius 3 is 2.65 bits per heavy atom. The minimum Gasteiger partial charge on any atom is -0.507 e. The lowest BCUT2D eigenvalue weighted by molar-refractivity contribution is -0.403. The number of nitrogens with one attached hydrogen (secondary N) is 1. The first-order valence-corrected chi connectivity index (χ1v) is 6.27. The Kier molecular flexibility index (Phi) is 3.89. The largest absolute Gasteiger partial charge is 0.507 e. The van der Waals surface area contributed by atoms with Crippen LogP contribution in [0.25, 0.3) is 5.76 Å². The molecule has 2 aromatic rings. The van der Waals surface area contributed by atoms with Crippen molar-refractivity contribution in [2.24, 2.45) is 7.05 Å². The topological polar surface area (TPSA) is 76.6 Å². The molecule has 5 heteroatoms. The zero-order valence-electron chi connectivity index (χ0n) is 11.4. The van der Waals surface area contributed by atoms with Gasteiger partial charge in [-0.1, -0.05) is 37.3 Å². The molecule has 3 N–H and O–H groups in total. The maximum atomic E-state index is 11.9. The van der Waals surface area contributed by atoms with Gasteiger partial charge in [-0.3, -0.25) is 0 Å². The van der Waals surface area contributed by atoms with Crippen LogP contribution in [0.15, 0.2) is 47.4 Å². The number of aromatic nitrogens is 2. The van der Waals surface area contributed by atoms with Crippen LogP contribution in [0.3, 0.4) is 0 Å². The number of aliphatic hydroxyl groups excluding tert-OH is 1. The predicted molar refractivity (Wildman–Crippen MR) is 75.4 cm³/mol. The van der Waals surface area contributed by atoms with E-state index in [4.69, 9.17) is 0 Å². The smallest absolute Gasteiger partial charge is 0.454 e. The average Bonchev–Trinajstić information content (AvgIpc) is 2.45. The minimum atomic E-state index is -0.463. The van der Waals surface area contributed by atoms with Crippen LogP contribution in [0, 0.1) is 0 Å². The first-order chi connectivity index (χ1) is 9.50. The molecule has 1 aromatic heterocycles. The summed E-state index contributed by atoms with van der Waals surface area (Å²) in [7, 11) is 1.42. The van der Waals surface area contributed by atoms with Gasteiger partial charge in [-0.05, 0) is 11.6 Å². The number of allylic oxidation sites excluding steroid dienone is 1. The lowest BCUT2D eigenvalue weighted by Crippen LogP contribution is -2.27. The fraction of sp³-hybridized carbons (Fsp3) is 0.200. The van der Waals surface area contributed by atoms with Gasteiger partial charge >= 0.3 is 11.6 Å². The molecule has 0 spiro atoms. The van der Waals surface area contributed by atoms with Crippen LogP contribution < -0.4 is 10.5 Å². The van der Waals surface area contributed by atoms with Gasteiger partial charge < -0.3 is 10.2 Å². The van der Waals surface area contributed by atoms with Crippen LogP contribution in [-0.4, -0.2) is 14.8 Å². The molecule has 104 valence electrons. The number of aromatic amines is 1. The van der Waals surface area contributed by atoms with Gasteiger partial charge in [0.25, 0.3) is 0 Å². The lowest BCUT2D eigenvalue weighted by atomic mass is 9.99. The van der Waals surface area contributed by atoms with E-state index in [1.54, 1.807) is 6.08 Å². The van der Waals surface area contributed by atoms with Crippen molar-refractivity contribution in [3.8, 4) is 6.01 Å². The Morgan fingerprint density at radius 2 is 2.00 bits per heavy atom. The molecule has 0 radical (unpaired) electrons. The molecule has 0 amide bonds. The van der Waals surface area contributed by atoms with Crippen LogP contribution in [0.1, 0.15) is 24.0 Å². The molecule has 1 aromatic carbocycles. The Hall–Kier alpha value is -2.56. The van der Waals surface area contributed by atoms with E-state index in [1.165, 1.54) is 13.2 Å². The zero-order valence-corrected chi connectivity index (χ0v) is 11.4. The third-order valence-electron chi connectivity index (χ3n) is 3.21. The summed E-state index contributed by atoms with van der Waals surface area (Å²) in [4.78, 5) is 14.5. The van der Waals surface area contributed by atoms with E-state index < -0.39 is 5.56 Å². The average molecular weight is 273 g/mol. The van der Waals surface area contributed by atoms with Crippen molar-refractivity contribution in [1.82, 2.24) is 4.57 Å². The van der Waals surface area contributed by atoms with Crippen molar-refractivity contribution < 1.29 is 15.2 Å². The Bertz CT molecular complexity index is 690. The second-order valence-corrected chi connectivity index (χ2v) is 4.64. The van der Waals surface area contributed by atoms with Gasteiger partial charge in [-0.2, -0.15) is 4.57 Å². The van der Waals surface area contributed by atoms with Crippen molar-refractivity contribution >= 4 is 5.76 Å². The highest BCUT2D eigenvalue weighted by atomic mass is 16.3. The summed E-state index contributed by atoms with van der Waals surface area (Å²) in [5.41, 5.74) is 0.696. The molecular formula is C15H17N2O3+. The van der Waals surface area contributed by atoms with Gasteiger partial charge in [0.15, 0.2) is 0 Å². The minimum absolute atomic E-state index is 0.0327. The number of aliphatic hydroxyl groups is 1. The number of hydrogen-bond donors (Lipinski definition) is 2. The summed E-state index contributed by atoms with van der Waals surface area (Å²) in [6.07, 6.45) is 2.90. The number of benzene rings is 1. The third-order valence-corrected chi connectivity index (χ3v) is 3.21. The third kappa shape index (κ3) is 2.71. The fourth-order valence-corrected chi connectivity index (χ4v) is 1.94. The van der Waals surface area contributed by atoms with E-state index >= 15 is 0 Å². The molecule has 20 heavy (non-hydrogen) atoms. The molecule has 2 rings (SSSR count). The highest BCUT2D eigenvalue weighted by molar-refractivity contribution is 5.57. The molecule has 0 bridgehead atoms. The summed E-state index contributed by atoms with van der Waals surface area (Å²) in [5.74, 6) is -0.145. The molecule has 0 unspecified atom stereocenters. The Morgan fingerprint density at radius 1 is 1.35 bits per heavy atom. The SMILES string of the molecule is C[C@@H](/C=C(\O)c1c[nH+]c(O)n(C)c1=O)c1ccccc1. The fourth-order valence-electron chi connectivity index (χ4n) is 1.94. The molecule has 5 nitrogen and oxygen atoms in total. The monoisotopic (exact) mass is 273 g/mol. The molecule has 1 atom stereocenters. The standard InChI is InChI=1S/C15H16N2O3/c1-10(11-6-4-3-5-7-11)8-13(18)12-9-16-15(20)17(2)14(12)19/h3-10,18H,1-2H3,(H,16,20)/p+1/b13-8-/t10-/m0/s1. The number of aromatic hydroxyl groups is 1. The molecule has 0 aliphatic rings. The molecule has 0 aliphatic heterocycles. The second-order valence-electron chi connectivity index (χ2n) is 4.64. The number of H-pyrrole nitrogens is 1. The summed E-state index contributed by atoms with van der Waals surface area (Å²) in [6, 6.07) is 9.41. The Labute approximate surface area is 116 Å². The Balaban J connectivity index is 2.37. The molecule has 0 aliphatic carbocycles. The zero-order chi connectivity index (χ0) is 14.7. The summed E-state index contributed by atoms with van der Waals surface area (Å²) < 4.78 is 1.03. The predicted octanol–water partition coefficient (Wildman–Crippen LogP) is 1.61. The number of nitrogens with zero attached hydrogens (tertiary/aromatic N) is 1. The van der Waals surface area contributed by atoms with Gasteiger partial charge in [0.05, 0.1) is 7.05 Å². The van der Waals surface area contributed by atoms with E-state index in [1.807, 2.05) is 37.3 Å². The summed E-state index contributed by atoms with van der Waals surface area (Å²) in [5, 5.41) is 19.5. The molecule has 0 saturated heterocycles. The molecule has 0 fully saturated rings. The van der Waals surface area contributed by atoms with Crippen LogP contribution in [0.4, 0.5) is 0 Å². The first kappa shape index (κ1) is 13.9. The maximum absolute atomic E-state index is 11.9.